The molecule has 1 N–H and O–H groups in total. The normalized spacial score (nSPS) is 14.2. The number of benzene rings is 9. The van der Waals surface area contributed by atoms with E-state index >= 15 is 0 Å². The molecule has 1 aromatic heterocycles. The average molecular weight is 865 g/mol. The van der Waals surface area contributed by atoms with Gasteiger partial charge < -0.3 is 14.6 Å². The molecular formula is C64H52N2O. The van der Waals surface area contributed by atoms with E-state index in [0.717, 1.165) is 58.7 Å². The first-order valence-electron chi connectivity index (χ1n) is 23.6. The van der Waals surface area contributed by atoms with E-state index in [1.165, 1.54) is 61.2 Å². The van der Waals surface area contributed by atoms with Crippen molar-refractivity contribution in [2.45, 2.75) is 32.2 Å². The number of hydrogen-bond donors (Lipinski definition) is 1. The van der Waals surface area contributed by atoms with Gasteiger partial charge in [-0.25, -0.2) is 0 Å². The van der Waals surface area contributed by atoms with Crippen LogP contribution in [0.4, 0.5) is 22.7 Å². The Hall–Kier alpha value is -8.14. The molecular weight excluding hydrogens is 813 g/mol. The van der Waals surface area contributed by atoms with Gasteiger partial charge in [0.2, 0.25) is 0 Å². The predicted octanol–water partition coefficient (Wildman–Crippen LogP) is 17.6. The molecule has 1 aliphatic carbocycles. The molecule has 324 valence electrons. The Morgan fingerprint density at radius 3 is 1.51 bits per heavy atom. The summed E-state index contributed by atoms with van der Waals surface area (Å²) in [5, 5.41) is 4.85. The molecule has 10 aromatic rings. The van der Waals surface area contributed by atoms with Gasteiger partial charge in [-0.05, 0) is 129 Å². The van der Waals surface area contributed by atoms with Crippen LogP contribution in [0.3, 0.4) is 0 Å². The second-order valence-corrected chi connectivity index (χ2v) is 17.7. The van der Waals surface area contributed by atoms with Crippen LogP contribution in [0.15, 0.2) is 241 Å². The fourth-order valence-corrected chi connectivity index (χ4v) is 9.84. The van der Waals surface area contributed by atoms with Crippen molar-refractivity contribution in [1.29, 1.82) is 0 Å². The largest absolute Gasteiger partial charge is 0.458 e. The second-order valence-electron chi connectivity index (χ2n) is 17.7. The molecule has 1 aliphatic rings. The maximum absolute atomic E-state index is 7.07. The molecule has 0 bridgehead atoms. The number of fused-ring (bicyclic) bond motifs is 3. The third-order valence-electron chi connectivity index (χ3n) is 13.3. The Kier molecular flexibility index (Phi) is 11.6. The molecule has 0 radical (unpaired) electrons. The summed E-state index contributed by atoms with van der Waals surface area (Å²) in [5.74, 6) is 1.20. The minimum absolute atomic E-state index is 0.0555. The van der Waals surface area contributed by atoms with Gasteiger partial charge in [-0.2, -0.15) is 0 Å². The number of nitrogens with one attached hydrogen (secondary N) is 1. The number of nitrogens with zero attached hydrogens (tertiary/aromatic N) is 1. The summed E-state index contributed by atoms with van der Waals surface area (Å²) < 4.78 is 7.07. The molecule has 0 saturated carbocycles. The zero-order valence-electron chi connectivity index (χ0n) is 37.7. The van der Waals surface area contributed by atoms with Gasteiger partial charge in [0.15, 0.2) is 0 Å². The molecule has 0 spiro atoms. The maximum Gasteiger partial charge on any atom is 0.135 e. The summed E-state index contributed by atoms with van der Waals surface area (Å²) in [5.41, 5.74) is 18.9. The molecule has 2 unspecified atom stereocenters. The van der Waals surface area contributed by atoms with E-state index in [9.17, 15) is 0 Å². The third kappa shape index (κ3) is 8.85. The van der Waals surface area contributed by atoms with Crippen molar-refractivity contribution in [2.75, 3.05) is 10.2 Å². The topological polar surface area (TPSA) is 28.4 Å². The fourth-order valence-electron chi connectivity index (χ4n) is 9.84. The fraction of sp³-hybridized carbons (Fsp3) is 0.0938. The Morgan fingerprint density at radius 2 is 0.955 bits per heavy atom. The lowest BCUT2D eigenvalue weighted by Gasteiger charge is -2.37. The van der Waals surface area contributed by atoms with Crippen LogP contribution < -0.4 is 10.2 Å². The first kappa shape index (κ1) is 41.6. The highest BCUT2D eigenvalue weighted by Crippen LogP contribution is 2.47. The standard InChI is InChI=1S/C64H52N2O/c1-45-25-40-61-60-41-26-46(15-14-24-54-44-56(35-42-59(54)53-22-12-5-13-23-53)65-55-33-27-50(28-34-55)47-16-6-2-7-17-47)43-62(60)67-64(61)63(45)66(57-36-29-51(30-37-57)48-18-8-3-9-19-48)58-38-31-52(32-39-58)49-20-10-4-11-21-49/h2-13,16-23,25-45,63,65H,14-15,24H2,1H3. The molecule has 67 heavy (non-hydrogen) atoms. The Morgan fingerprint density at radius 1 is 0.463 bits per heavy atom. The molecule has 3 nitrogen and oxygen atoms in total. The first-order chi connectivity index (χ1) is 33.1. The number of furan rings is 1. The van der Waals surface area contributed by atoms with Crippen LogP contribution in [0, 0.1) is 5.92 Å². The van der Waals surface area contributed by atoms with Gasteiger partial charge in [-0.3, -0.25) is 0 Å². The van der Waals surface area contributed by atoms with E-state index in [0.29, 0.717) is 0 Å². The van der Waals surface area contributed by atoms with Crippen molar-refractivity contribution < 1.29 is 4.42 Å². The average Bonchev–Trinajstić information content (AvgIpc) is 3.77. The van der Waals surface area contributed by atoms with E-state index in [-0.39, 0.29) is 12.0 Å². The van der Waals surface area contributed by atoms with Gasteiger partial charge in [-0.15, -0.1) is 0 Å². The summed E-state index contributed by atoms with van der Waals surface area (Å²) in [6.45, 7) is 2.31. The highest BCUT2D eigenvalue weighted by Gasteiger charge is 2.35. The third-order valence-corrected chi connectivity index (χ3v) is 13.3. The molecule has 0 saturated heterocycles. The van der Waals surface area contributed by atoms with Gasteiger partial charge >= 0.3 is 0 Å². The summed E-state index contributed by atoms with van der Waals surface area (Å²) in [6, 6.07) is 82.8. The van der Waals surface area contributed by atoms with Crippen LogP contribution in [0.1, 0.15) is 41.8 Å². The quantitative estimate of drug-likeness (QED) is 0.125. The summed E-state index contributed by atoms with van der Waals surface area (Å²) >= 11 is 0. The zero-order chi connectivity index (χ0) is 44.9. The minimum Gasteiger partial charge on any atom is -0.458 e. The van der Waals surface area contributed by atoms with E-state index in [1.807, 2.05) is 0 Å². The molecule has 1 heterocycles. The van der Waals surface area contributed by atoms with Crippen molar-refractivity contribution in [2.24, 2.45) is 5.92 Å². The molecule has 0 fully saturated rings. The van der Waals surface area contributed by atoms with Crippen molar-refractivity contribution >= 4 is 39.8 Å². The number of anilines is 4. The van der Waals surface area contributed by atoms with Gasteiger partial charge in [-0.1, -0.05) is 195 Å². The Labute approximate surface area is 394 Å². The lowest BCUT2D eigenvalue weighted by atomic mass is 9.87. The van der Waals surface area contributed by atoms with Crippen LogP contribution >= 0.6 is 0 Å². The summed E-state index contributed by atoms with van der Waals surface area (Å²) in [7, 11) is 0. The van der Waals surface area contributed by atoms with Crippen LogP contribution in [-0.4, -0.2) is 0 Å². The lowest BCUT2D eigenvalue weighted by Crippen LogP contribution is -2.29. The van der Waals surface area contributed by atoms with Crippen LogP contribution in [-0.2, 0) is 12.8 Å². The molecule has 0 amide bonds. The van der Waals surface area contributed by atoms with Crippen LogP contribution in [0.25, 0.3) is 61.6 Å². The smallest absolute Gasteiger partial charge is 0.135 e. The number of aryl methyl sites for hydroxylation is 2. The van der Waals surface area contributed by atoms with Gasteiger partial charge in [0.1, 0.15) is 11.3 Å². The van der Waals surface area contributed by atoms with Crippen molar-refractivity contribution in [3.8, 4) is 44.5 Å². The molecule has 9 aromatic carbocycles. The van der Waals surface area contributed by atoms with Crippen molar-refractivity contribution in [3.63, 3.8) is 0 Å². The Balaban J connectivity index is 0.869. The van der Waals surface area contributed by atoms with E-state index < -0.39 is 0 Å². The van der Waals surface area contributed by atoms with Crippen molar-refractivity contribution in [3.05, 3.63) is 259 Å². The monoisotopic (exact) mass is 864 g/mol. The maximum atomic E-state index is 7.07. The van der Waals surface area contributed by atoms with E-state index in [2.05, 4.69) is 260 Å². The number of hydrogen-bond acceptors (Lipinski definition) is 3. The molecule has 11 rings (SSSR count). The molecule has 2 atom stereocenters. The van der Waals surface area contributed by atoms with Crippen molar-refractivity contribution in [1.82, 2.24) is 0 Å². The van der Waals surface area contributed by atoms with Gasteiger partial charge in [0.25, 0.3) is 0 Å². The lowest BCUT2D eigenvalue weighted by molar-refractivity contribution is 0.432. The van der Waals surface area contributed by atoms with E-state index in [1.54, 1.807) is 0 Å². The summed E-state index contributed by atoms with van der Waals surface area (Å²) in [6.07, 6.45) is 7.53. The predicted molar refractivity (Wildman–Crippen MR) is 282 cm³/mol. The van der Waals surface area contributed by atoms with E-state index in [4.69, 9.17) is 4.42 Å². The second kappa shape index (κ2) is 18.8. The zero-order valence-corrected chi connectivity index (χ0v) is 37.7. The number of rotatable bonds is 13. The minimum atomic E-state index is -0.0555. The van der Waals surface area contributed by atoms with Crippen LogP contribution in [0.2, 0.25) is 0 Å². The first-order valence-corrected chi connectivity index (χ1v) is 23.6. The van der Waals surface area contributed by atoms with Gasteiger partial charge in [0, 0.05) is 39.6 Å². The highest BCUT2D eigenvalue weighted by atomic mass is 16.3. The van der Waals surface area contributed by atoms with Gasteiger partial charge in [0.05, 0.1) is 6.04 Å². The molecule has 0 aliphatic heterocycles. The Bertz CT molecular complexity index is 3180. The highest BCUT2D eigenvalue weighted by molar-refractivity contribution is 5.91. The SMILES string of the molecule is CC1C=Cc2c(oc3cc(CCCc4cc(Nc5ccc(-c6ccccc6)cc5)ccc4-c4ccccc4)ccc23)C1N(c1ccc(-c2ccccc2)cc1)c1ccc(-c2ccccc2)cc1. The molecule has 3 heteroatoms. The van der Waals surface area contributed by atoms with Crippen LogP contribution in [0.5, 0.6) is 0 Å². The summed E-state index contributed by atoms with van der Waals surface area (Å²) in [4.78, 5) is 2.48.